The third-order valence-electron chi connectivity index (χ3n) is 4.63. The van der Waals surface area contributed by atoms with Crippen molar-refractivity contribution in [1.82, 2.24) is 4.90 Å². The minimum Gasteiger partial charge on any atom is -0.493 e. The molecule has 0 fully saturated rings. The standard InChI is InChI=1S/C23H26F3NO5/c1-30-20-14-17(8-10-19(20)32-16-23(24,25)26)9-11-21(28)27(13-12-22(29)31-2)15-18-6-4-3-5-7-18/h3-8,10,14H,9,11-13,15-16H2,1-2H3. The first-order valence-electron chi connectivity index (χ1n) is 9.97. The zero-order valence-electron chi connectivity index (χ0n) is 18.0. The molecule has 0 N–H and O–H groups in total. The van der Waals surface area contributed by atoms with Crippen molar-refractivity contribution in [3.63, 3.8) is 0 Å². The number of amides is 1. The Morgan fingerprint density at radius 3 is 2.28 bits per heavy atom. The quantitative estimate of drug-likeness (QED) is 0.478. The van der Waals surface area contributed by atoms with Crippen LogP contribution >= 0.6 is 0 Å². The largest absolute Gasteiger partial charge is 0.493 e. The Hall–Kier alpha value is -3.23. The Labute approximate surface area is 184 Å². The van der Waals surface area contributed by atoms with Gasteiger partial charge in [-0.25, -0.2) is 0 Å². The number of carbonyl (C=O) groups excluding carboxylic acids is 2. The van der Waals surface area contributed by atoms with Crippen LogP contribution < -0.4 is 9.47 Å². The molecule has 0 atom stereocenters. The molecule has 2 aromatic carbocycles. The van der Waals surface area contributed by atoms with E-state index in [4.69, 9.17) is 9.47 Å². The molecule has 0 heterocycles. The highest BCUT2D eigenvalue weighted by molar-refractivity contribution is 5.77. The topological polar surface area (TPSA) is 65.1 Å². The zero-order chi connectivity index (χ0) is 23.6. The maximum Gasteiger partial charge on any atom is 0.422 e. The van der Waals surface area contributed by atoms with Crippen LogP contribution in [0.2, 0.25) is 0 Å². The second-order valence-corrected chi connectivity index (χ2v) is 7.02. The van der Waals surface area contributed by atoms with Crippen molar-refractivity contribution >= 4 is 11.9 Å². The molecule has 0 spiro atoms. The van der Waals surface area contributed by atoms with Crippen LogP contribution in [0.1, 0.15) is 24.0 Å². The number of methoxy groups -OCH3 is 2. The Kier molecular flexibility index (Phi) is 9.37. The van der Waals surface area contributed by atoms with Crippen LogP contribution in [0.4, 0.5) is 13.2 Å². The van der Waals surface area contributed by atoms with Crippen LogP contribution in [-0.4, -0.2) is 50.3 Å². The van der Waals surface area contributed by atoms with Crippen LogP contribution in [0.5, 0.6) is 11.5 Å². The summed E-state index contributed by atoms with van der Waals surface area (Å²) in [5.74, 6) is -0.432. The van der Waals surface area contributed by atoms with Crippen molar-refractivity contribution in [2.24, 2.45) is 0 Å². The number of benzene rings is 2. The highest BCUT2D eigenvalue weighted by Gasteiger charge is 2.29. The summed E-state index contributed by atoms with van der Waals surface area (Å²) in [5, 5.41) is 0. The summed E-state index contributed by atoms with van der Waals surface area (Å²) in [6, 6.07) is 13.9. The fourth-order valence-electron chi connectivity index (χ4n) is 2.98. The molecule has 0 radical (unpaired) electrons. The molecule has 0 saturated heterocycles. The predicted molar refractivity (Wildman–Crippen MR) is 111 cm³/mol. The Balaban J connectivity index is 2.03. The van der Waals surface area contributed by atoms with Gasteiger partial charge in [-0.3, -0.25) is 9.59 Å². The molecule has 9 heteroatoms. The van der Waals surface area contributed by atoms with Crippen LogP contribution in [-0.2, 0) is 27.3 Å². The van der Waals surface area contributed by atoms with Gasteiger partial charge in [0.15, 0.2) is 18.1 Å². The first-order chi connectivity index (χ1) is 15.2. The molecule has 6 nitrogen and oxygen atoms in total. The predicted octanol–water partition coefficient (Wildman–Crippen LogP) is 4.16. The van der Waals surface area contributed by atoms with Gasteiger partial charge in [-0.05, 0) is 29.7 Å². The number of aryl methyl sites for hydroxylation is 1. The van der Waals surface area contributed by atoms with E-state index in [0.717, 1.165) is 5.56 Å². The lowest BCUT2D eigenvalue weighted by Crippen LogP contribution is -2.33. The number of esters is 1. The maximum atomic E-state index is 12.8. The van der Waals surface area contributed by atoms with E-state index in [1.165, 1.54) is 20.3 Å². The average molecular weight is 453 g/mol. The molecule has 0 saturated carbocycles. The van der Waals surface area contributed by atoms with Gasteiger partial charge in [0.05, 0.1) is 20.6 Å². The summed E-state index contributed by atoms with van der Waals surface area (Å²) >= 11 is 0. The monoisotopic (exact) mass is 453 g/mol. The van der Waals surface area contributed by atoms with E-state index in [1.807, 2.05) is 30.3 Å². The lowest BCUT2D eigenvalue weighted by atomic mass is 10.1. The number of nitrogens with zero attached hydrogens (tertiary/aromatic N) is 1. The number of hydrogen-bond acceptors (Lipinski definition) is 5. The fourth-order valence-corrected chi connectivity index (χ4v) is 2.98. The van der Waals surface area contributed by atoms with Gasteiger partial charge in [0, 0.05) is 19.5 Å². The SMILES string of the molecule is COC(=O)CCN(Cc1ccccc1)C(=O)CCc1ccc(OCC(F)(F)F)c(OC)c1. The summed E-state index contributed by atoms with van der Waals surface area (Å²) in [6.07, 6.45) is -3.88. The van der Waals surface area contributed by atoms with Gasteiger partial charge >= 0.3 is 12.1 Å². The minimum absolute atomic E-state index is 0.0244. The first kappa shape index (κ1) is 25.0. The lowest BCUT2D eigenvalue weighted by Gasteiger charge is -2.22. The van der Waals surface area contributed by atoms with Crippen LogP contribution in [0.3, 0.4) is 0 Å². The molecular formula is C23H26F3NO5. The van der Waals surface area contributed by atoms with Crippen molar-refractivity contribution in [3.05, 3.63) is 59.7 Å². The molecular weight excluding hydrogens is 427 g/mol. The Morgan fingerprint density at radius 1 is 0.938 bits per heavy atom. The van der Waals surface area contributed by atoms with Gasteiger partial charge in [-0.1, -0.05) is 36.4 Å². The molecule has 174 valence electrons. The van der Waals surface area contributed by atoms with Gasteiger partial charge in [-0.2, -0.15) is 13.2 Å². The highest BCUT2D eigenvalue weighted by Crippen LogP contribution is 2.30. The molecule has 1 amide bonds. The number of carbonyl (C=O) groups is 2. The van der Waals surface area contributed by atoms with Crippen molar-refractivity contribution in [3.8, 4) is 11.5 Å². The second-order valence-electron chi connectivity index (χ2n) is 7.02. The van der Waals surface area contributed by atoms with E-state index >= 15 is 0 Å². The van der Waals surface area contributed by atoms with Gasteiger partial charge in [0.1, 0.15) is 0 Å². The maximum absolute atomic E-state index is 12.8. The summed E-state index contributed by atoms with van der Waals surface area (Å²) < 4.78 is 51.7. The van der Waals surface area contributed by atoms with E-state index in [1.54, 1.807) is 17.0 Å². The van der Waals surface area contributed by atoms with Crippen molar-refractivity contribution in [1.29, 1.82) is 0 Å². The van der Waals surface area contributed by atoms with Crippen LogP contribution in [0.15, 0.2) is 48.5 Å². The van der Waals surface area contributed by atoms with E-state index < -0.39 is 18.8 Å². The van der Waals surface area contributed by atoms with Gasteiger partial charge in [0.25, 0.3) is 0 Å². The number of hydrogen-bond donors (Lipinski definition) is 0. The normalized spacial score (nSPS) is 11.0. The summed E-state index contributed by atoms with van der Waals surface area (Å²) in [4.78, 5) is 26.0. The molecule has 2 rings (SSSR count). The minimum atomic E-state index is -4.46. The average Bonchev–Trinajstić information content (AvgIpc) is 2.78. The number of rotatable bonds is 11. The third-order valence-corrected chi connectivity index (χ3v) is 4.63. The Bertz CT molecular complexity index is 887. The number of ether oxygens (including phenoxy) is 3. The summed E-state index contributed by atoms with van der Waals surface area (Å²) in [6.45, 7) is -0.853. The molecule has 0 aliphatic heterocycles. The second kappa shape index (κ2) is 12.0. The molecule has 2 aromatic rings. The third kappa shape index (κ3) is 8.49. The summed E-state index contributed by atoms with van der Waals surface area (Å²) in [5.41, 5.74) is 1.64. The van der Waals surface area contributed by atoms with E-state index in [-0.39, 0.29) is 36.8 Å². The van der Waals surface area contributed by atoms with Crippen molar-refractivity contribution in [2.75, 3.05) is 27.4 Å². The smallest absolute Gasteiger partial charge is 0.422 e. The molecule has 0 bridgehead atoms. The molecule has 0 aliphatic carbocycles. The number of alkyl halides is 3. The fraction of sp³-hybridized carbons (Fsp3) is 0.391. The molecule has 0 aliphatic rings. The van der Waals surface area contributed by atoms with Gasteiger partial charge in [-0.15, -0.1) is 0 Å². The lowest BCUT2D eigenvalue weighted by molar-refractivity contribution is -0.153. The van der Waals surface area contributed by atoms with Crippen LogP contribution in [0.25, 0.3) is 0 Å². The van der Waals surface area contributed by atoms with Crippen LogP contribution in [0, 0.1) is 0 Å². The van der Waals surface area contributed by atoms with E-state index in [2.05, 4.69) is 4.74 Å². The van der Waals surface area contributed by atoms with Gasteiger partial charge < -0.3 is 19.1 Å². The first-order valence-corrected chi connectivity index (χ1v) is 9.97. The van der Waals surface area contributed by atoms with Crippen molar-refractivity contribution in [2.45, 2.75) is 32.0 Å². The highest BCUT2D eigenvalue weighted by atomic mass is 19.4. The summed E-state index contributed by atoms with van der Waals surface area (Å²) in [7, 11) is 2.63. The zero-order valence-corrected chi connectivity index (χ0v) is 18.0. The van der Waals surface area contributed by atoms with Gasteiger partial charge in [0.2, 0.25) is 5.91 Å². The molecule has 0 unspecified atom stereocenters. The molecule has 0 aromatic heterocycles. The van der Waals surface area contributed by atoms with E-state index in [9.17, 15) is 22.8 Å². The number of halogens is 3. The Morgan fingerprint density at radius 2 is 1.66 bits per heavy atom. The van der Waals surface area contributed by atoms with E-state index in [0.29, 0.717) is 18.5 Å². The van der Waals surface area contributed by atoms with Crippen molar-refractivity contribution < 1.29 is 37.0 Å². The molecule has 32 heavy (non-hydrogen) atoms.